The van der Waals surface area contributed by atoms with Crippen LogP contribution in [-0.2, 0) is 9.59 Å². The van der Waals surface area contributed by atoms with Crippen molar-refractivity contribution in [2.75, 3.05) is 27.2 Å². The molecule has 0 saturated heterocycles. The minimum absolute atomic E-state index is 0.148. The first-order valence-electron chi connectivity index (χ1n) is 7.07. The highest BCUT2D eigenvalue weighted by atomic mass is 16.2. The van der Waals surface area contributed by atoms with Gasteiger partial charge in [0.2, 0.25) is 11.8 Å². The van der Waals surface area contributed by atoms with Gasteiger partial charge >= 0.3 is 0 Å². The number of hydrogen-bond acceptors (Lipinski definition) is 3. The lowest BCUT2D eigenvalue weighted by Crippen LogP contribution is -2.43. The van der Waals surface area contributed by atoms with Gasteiger partial charge in [-0.3, -0.25) is 9.59 Å². The maximum absolute atomic E-state index is 12.2. The molecule has 2 amide bonds. The average Bonchev–Trinajstić information content (AvgIpc) is 3.15. The summed E-state index contributed by atoms with van der Waals surface area (Å²) in [6, 6.07) is 0.686. The highest BCUT2D eigenvalue weighted by Crippen LogP contribution is 2.24. The van der Waals surface area contributed by atoms with Gasteiger partial charge in [0, 0.05) is 26.2 Å². The maximum atomic E-state index is 12.2. The molecule has 2 N–H and O–H groups in total. The van der Waals surface area contributed by atoms with Crippen LogP contribution in [0.2, 0.25) is 0 Å². The summed E-state index contributed by atoms with van der Waals surface area (Å²) < 4.78 is 0. The van der Waals surface area contributed by atoms with Crippen molar-refractivity contribution in [1.29, 1.82) is 0 Å². The molecule has 1 aliphatic rings. The summed E-state index contributed by atoms with van der Waals surface area (Å²) in [7, 11) is 3.83. The van der Waals surface area contributed by atoms with E-state index < -0.39 is 11.8 Å². The first-order chi connectivity index (χ1) is 8.82. The Bertz CT molecular complexity index is 327. The van der Waals surface area contributed by atoms with Crippen LogP contribution in [0.4, 0.5) is 0 Å². The fraction of sp³-hybridized carbons (Fsp3) is 0.857. The normalized spacial score (nSPS) is 16.7. The van der Waals surface area contributed by atoms with Gasteiger partial charge in [-0.1, -0.05) is 13.8 Å². The van der Waals surface area contributed by atoms with Crippen LogP contribution >= 0.6 is 0 Å². The number of nitrogens with two attached hydrogens (primary N) is 1. The quantitative estimate of drug-likeness (QED) is 0.659. The number of nitrogens with zero attached hydrogens (tertiary/aromatic N) is 2. The van der Waals surface area contributed by atoms with Gasteiger partial charge in [-0.2, -0.15) is 0 Å². The molecule has 5 nitrogen and oxygen atoms in total. The molecule has 0 aromatic rings. The number of rotatable bonds is 8. The van der Waals surface area contributed by atoms with E-state index in [4.69, 9.17) is 5.73 Å². The minimum Gasteiger partial charge on any atom is -0.369 e. The van der Waals surface area contributed by atoms with Gasteiger partial charge in [0.1, 0.15) is 5.92 Å². The highest BCUT2D eigenvalue weighted by Gasteiger charge is 2.29. The Morgan fingerprint density at radius 3 is 2.21 bits per heavy atom. The molecule has 0 heterocycles. The molecule has 5 heteroatoms. The zero-order valence-electron chi connectivity index (χ0n) is 12.6. The van der Waals surface area contributed by atoms with Crippen LogP contribution in [0.25, 0.3) is 0 Å². The Hall–Kier alpha value is -1.10. The second kappa shape index (κ2) is 6.89. The van der Waals surface area contributed by atoms with Crippen molar-refractivity contribution in [2.45, 2.75) is 39.2 Å². The molecule has 0 aromatic carbocycles. The first-order valence-corrected chi connectivity index (χ1v) is 7.07. The van der Waals surface area contributed by atoms with Crippen LogP contribution in [0, 0.1) is 11.8 Å². The first kappa shape index (κ1) is 16.0. The van der Waals surface area contributed by atoms with Gasteiger partial charge < -0.3 is 15.5 Å². The van der Waals surface area contributed by atoms with E-state index in [-0.39, 0.29) is 11.8 Å². The van der Waals surface area contributed by atoms with Crippen molar-refractivity contribution in [2.24, 2.45) is 17.6 Å². The monoisotopic (exact) mass is 269 g/mol. The molecule has 110 valence electrons. The Kier molecular flexibility index (Phi) is 5.79. The largest absolute Gasteiger partial charge is 0.369 e. The number of primary amides is 1. The van der Waals surface area contributed by atoms with E-state index >= 15 is 0 Å². The van der Waals surface area contributed by atoms with Crippen LogP contribution in [0.3, 0.4) is 0 Å². The summed E-state index contributed by atoms with van der Waals surface area (Å²) in [5.74, 6) is -1.06. The van der Waals surface area contributed by atoms with Gasteiger partial charge in [-0.15, -0.1) is 0 Å². The summed E-state index contributed by atoms with van der Waals surface area (Å²) in [6.07, 6.45) is 3.04. The summed E-state index contributed by atoms with van der Waals surface area (Å²) >= 11 is 0. The van der Waals surface area contributed by atoms with Crippen molar-refractivity contribution in [3.63, 3.8) is 0 Å². The molecule has 0 unspecified atom stereocenters. The van der Waals surface area contributed by atoms with Gasteiger partial charge in [-0.25, -0.2) is 0 Å². The lowest BCUT2D eigenvalue weighted by Gasteiger charge is -2.25. The summed E-state index contributed by atoms with van der Waals surface area (Å²) in [5.41, 5.74) is 5.34. The van der Waals surface area contributed by atoms with Crippen molar-refractivity contribution in [1.82, 2.24) is 9.80 Å². The highest BCUT2D eigenvalue weighted by molar-refractivity contribution is 5.99. The Balaban J connectivity index is 2.45. The number of amides is 2. The fourth-order valence-corrected chi connectivity index (χ4v) is 2.19. The second-order valence-electron chi connectivity index (χ2n) is 6.06. The van der Waals surface area contributed by atoms with Crippen LogP contribution in [0.1, 0.15) is 33.1 Å². The molecular formula is C14H27N3O2. The number of likely N-dealkylation sites (N-methyl/N-ethyl adjacent to an activating group) is 2. The molecule has 19 heavy (non-hydrogen) atoms. The van der Waals surface area contributed by atoms with Gasteiger partial charge in [0.25, 0.3) is 0 Å². The third-order valence-electron chi connectivity index (χ3n) is 3.68. The molecule has 0 bridgehead atoms. The third kappa shape index (κ3) is 5.19. The standard InChI is InChI=1S/C14H27N3O2/c1-10(2)9-12(13(15)18)14(19)17(4)8-7-16(3)11-5-6-11/h10-12H,5-9H2,1-4H3,(H2,15,18)/t12-/m0/s1. The zero-order chi connectivity index (χ0) is 14.6. The smallest absolute Gasteiger partial charge is 0.234 e. The topological polar surface area (TPSA) is 66.6 Å². The van der Waals surface area contributed by atoms with Crippen LogP contribution < -0.4 is 5.73 Å². The Morgan fingerprint density at radius 2 is 1.79 bits per heavy atom. The van der Waals surface area contributed by atoms with E-state index in [1.807, 2.05) is 13.8 Å². The number of hydrogen-bond donors (Lipinski definition) is 1. The van der Waals surface area contributed by atoms with Crippen LogP contribution in [0.15, 0.2) is 0 Å². The van der Waals surface area contributed by atoms with Crippen molar-refractivity contribution >= 4 is 11.8 Å². The lowest BCUT2D eigenvalue weighted by molar-refractivity contribution is -0.140. The molecule has 1 aliphatic carbocycles. The zero-order valence-corrected chi connectivity index (χ0v) is 12.6. The molecule has 0 spiro atoms. The SMILES string of the molecule is CC(C)C[C@@H](C(N)=O)C(=O)N(C)CCN(C)C1CC1. The van der Waals surface area contributed by atoms with Gasteiger partial charge in [0.05, 0.1) is 0 Å². The molecule has 0 radical (unpaired) electrons. The maximum Gasteiger partial charge on any atom is 0.234 e. The summed E-state index contributed by atoms with van der Waals surface area (Å²) in [6.45, 7) is 5.47. The third-order valence-corrected chi connectivity index (χ3v) is 3.68. The lowest BCUT2D eigenvalue weighted by atomic mass is 9.95. The molecule has 1 fully saturated rings. The minimum atomic E-state index is -0.684. The second-order valence-corrected chi connectivity index (χ2v) is 6.06. The van der Waals surface area contributed by atoms with Crippen LogP contribution in [-0.4, -0.2) is 54.8 Å². The van der Waals surface area contributed by atoms with Gasteiger partial charge in [-0.05, 0) is 32.2 Å². The predicted octanol–water partition coefficient (Wildman–Crippen LogP) is 0.687. The van der Waals surface area contributed by atoms with Crippen molar-refractivity contribution < 1.29 is 9.59 Å². The molecule has 1 atom stereocenters. The van der Waals surface area contributed by atoms with Crippen molar-refractivity contribution in [3.8, 4) is 0 Å². The number of carbonyl (C=O) groups excluding carboxylic acids is 2. The molecule has 1 rings (SSSR count). The molecule has 0 aromatic heterocycles. The summed E-state index contributed by atoms with van der Waals surface area (Å²) in [5, 5.41) is 0. The van der Waals surface area contributed by atoms with Crippen molar-refractivity contribution in [3.05, 3.63) is 0 Å². The molecule has 0 aliphatic heterocycles. The van der Waals surface area contributed by atoms with E-state index in [0.29, 0.717) is 19.0 Å². The average molecular weight is 269 g/mol. The molecular weight excluding hydrogens is 242 g/mol. The van der Waals surface area contributed by atoms with E-state index in [9.17, 15) is 9.59 Å². The number of carbonyl (C=O) groups is 2. The predicted molar refractivity (Wildman–Crippen MR) is 75.4 cm³/mol. The fourth-order valence-electron chi connectivity index (χ4n) is 2.19. The van der Waals surface area contributed by atoms with E-state index in [2.05, 4.69) is 11.9 Å². The van der Waals surface area contributed by atoms with E-state index in [1.165, 1.54) is 12.8 Å². The van der Waals surface area contributed by atoms with Crippen LogP contribution in [0.5, 0.6) is 0 Å². The molecule has 1 saturated carbocycles. The Labute approximate surface area is 116 Å². The van der Waals surface area contributed by atoms with E-state index in [1.54, 1.807) is 11.9 Å². The van der Waals surface area contributed by atoms with E-state index in [0.717, 1.165) is 6.54 Å². The summed E-state index contributed by atoms with van der Waals surface area (Å²) in [4.78, 5) is 27.5. The Morgan fingerprint density at radius 1 is 1.21 bits per heavy atom. The van der Waals surface area contributed by atoms with Gasteiger partial charge in [0.15, 0.2) is 0 Å².